The van der Waals surface area contributed by atoms with E-state index < -0.39 is 0 Å². The molecule has 7 nitrogen and oxygen atoms in total. The second-order valence-electron chi connectivity index (χ2n) is 6.06. The summed E-state index contributed by atoms with van der Waals surface area (Å²) in [5, 5.41) is 7.02. The first-order valence-electron chi connectivity index (χ1n) is 7.93. The lowest BCUT2D eigenvalue weighted by Gasteiger charge is -2.16. The van der Waals surface area contributed by atoms with Crippen molar-refractivity contribution >= 4 is 17.1 Å². The molecule has 0 aliphatic rings. The van der Waals surface area contributed by atoms with E-state index in [4.69, 9.17) is 0 Å². The van der Waals surface area contributed by atoms with Gasteiger partial charge in [0.2, 0.25) is 0 Å². The predicted octanol–water partition coefficient (Wildman–Crippen LogP) is 1.99. The van der Waals surface area contributed by atoms with Crippen LogP contribution in [0.2, 0.25) is 0 Å². The molecule has 0 fully saturated rings. The third-order valence-electron chi connectivity index (χ3n) is 3.87. The van der Waals surface area contributed by atoms with Crippen molar-refractivity contribution in [3.05, 3.63) is 47.5 Å². The SMILES string of the molecule is Cc1ccc2nc(CN(C)C(=O)NCCc3cnn(C)c3)[nH]c2c1. The predicted molar refractivity (Wildman–Crippen MR) is 92.6 cm³/mol. The van der Waals surface area contributed by atoms with Crippen LogP contribution >= 0.6 is 0 Å². The molecular formula is C17H22N6O. The molecule has 3 rings (SSSR count). The van der Waals surface area contributed by atoms with Gasteiger partial charge in [0.05, 0.1) is 23.8 Å². The third kappa shape index (κ3) is 3.73. The van der Waals surface area contributed by atoms with Crippen LogP contribution in [0.1, 0.15) is 17.0 Å². The quantitative estimate of drug-likeness (QED) is 0.752. The van der Waals surface area contributed by atoms with Gasteiger partial charge in [-0.15, -0.1) is 0 Å². The standard InChI is InChI=1S/C17H22N6O/c1-12-4-5-14-15(8-12)21-16(20-14)11-22(2)17(24)18-7-6-13-9-19-23(3)10-13/h4-5,8-10H,6-7,11H2,1-3H3,(H,18,24)(H,20,21). The number of fused-ring (bicyclic) bond motifs is 1. The topological polar surface area (TPSA) is 78.8 Å². The number of urea groups is 1. The number of imidazole rings is 1. The summed E-state index contributed by atoms with van der Waals surface area (Å²) in [6.07, 6.45) is 4.52. The molecular weight excluding hydrogens is 304 g/mol. The maximum atomic E-state index is 12.2. The highest BCUT2D eigenvalue weighted by atomic mass is 16.2. The van der Waals surface area contributed by atoms with Crippen molar-refractivity contribution in [3.8, 4) is 0 Å². The number of benzene rings is 1. The first-order valence-corrected chi connectivity index (χ1v) is 7.93. The Morgan fingerprint density at radius 2 is 2.25 bits per heavy atom. The fourth-order valence-electron chi connectivity index (χ4n) is 2.60. The number of aromatic amines is 1. The Balaban J connectivity index is 1.53. The lowest BCUT2D eigenvalue weighted by Crippen LogP contribution is -2.38. The van der Waals surface area contributed by atoms with Crippen molar-refractivity contribution in [1.82, 2.24) is 30.0 Å². The number of rotatable bonds is 5. The van der Waals surface area contributed by atoms with Crippen LogP contribution in [0, 0.1) is 6.92 Å². The summed E-state index contributed by atoms with van der Waals surface area (Å²) < 4.78 is 1.76. The van der Waals surface area contributed by atoms with Gasteiger partial charge in [0, 0.05) is 26.8 Å². The monoisotopic (exact) mass is 326 g/mol. The molecule has 0 saturated heterocycles. The van der Waals surface area contributed by atoms with Gasteiger partial charge in [-0.3, -0.25) is 4.68 Å². The van der Waals surface area contributed by atoms with E-state index in [0.717, 1.165) is 28.8 Å². The van der Waals surface area contributed by atoms with E-state index in [1.165, 1.54) is 5.56 Å². The number of nitrogens with zero attached hydrogens (tertiary/aromatic N) is 4. The van der Waals surface area contributed by atoms with Crippen molar-refractivity contribution in [2.75, 3.05) is 13.6 Å². The molecule has 7 heteroatoms. The van der Waals surface area contributed by atoms with E-state index in [9.17, 15) is 4.79 Å². The number of carbonyl (C=O) groups excluding carboxylic acids is 1. The number of hydrogen-bond acceptors (Lipinski definition) is 3. The highest BCUT2D eigenvalue weighted by Gasteiger charge is 2.11. The van der Waals surface area contributed by atoms with Crippen LogP contribution in [0.25, 0.3) is 11.0 Å². The molecule has 24 heavy (non-hydrogen) atoms. The van der Waals surface area contributed by atoms with Crippen LogP contribution < -0.4 is 5.32 Å². The molecule has 3 aromatic rings. The Labute approximate surface area is 140 Å². The fourth-order valence-corrected chi connectivity index (χ4v) is 2.60. The van der Waals surface area contributed by atoms with Gasteiger partial charge in [-0.1, -0.05) is 6.07 Å². The molecule has 0 spiro atoms. The largest absolute Gasteiger partial charge is 0.340 e. The minimum Gasteiger partial charge on any atom is -0.340 e. The van der Waals surface area contributed by atoms with Crippen molar-refractivity contribution < 1.29 is 4.79 Å². The summed E-state index contributed by atoms with van der Waals surface area (Å²) in [4.78, 5) is 21.6. The van der Waals surface area contributed by atoms with E-state index in [1.54, 1.807) is 16.6 Å². The van der Waals surface area contributed by atoms with Crippen molar-refractivity contribution in [2.45, 2.75) is 19.9 Å². The summed E-state index contributed by atoms with van der Waals surface area (Å²) in [5.74, 6) is 0.778. The molecule has 0 radical (unpaired) electrons. The van der Waals surface area contributed by atoms with Gasteiger partial charge < -0.3 is 15.2 Å². The highest BCUT2D eigenvalue weighted by molar-refractivity contribution is 5.76. The molecule has 126 valence electrons. The lowest BCUT2D eigenvalue weighted by molar-refractivity contribution is 0.206. The van der Waals surface area contributed by atoms with Gasteiger partial charge in [0.25, 0.3) is 0 Å². The number of aromatic nitrogens is 4. The van der Waals surface area contributed by atoms with Gasteiger partial charge in [0.1, 0.15) is 5.82 Å². The zero-order valence-electron chi connectivity index (χ0n) is 14.2. The van der Waals surface area contributed by atoms with E-state index >= 15 is 0 Å². The minimum atomic E-state index is -0.115. The van der Waals surface area contributed by atoms with E-state index in [2.05, 4.69) is 26.4 Å². The lowest BCUT2D eigenvalue weighted by atomic mass is 10.2. The molecule has 2 amide bonds. The number of amides is 2. The molecule has 0 bridgehead atoms. The van der Waals surface area contributed by atoms with Gasteiger partial charge in [-0.25, -0.2) is 9.78 Å². The van der Waals surface area contributed by atoms with E-state index in [1.807, 2.05) is 38.5 Å². The highest BCUT2D eigenvalue weighted by Crippen LogP contribution is 2.14. The third-order valence-corrected chi connectivity index (χ3v) is 3.87. The average molecular weight is 326 g/mol. The summed E-state index contributed by atoms with van der Waals surface area (Å²) in [6.45, 7) is 3.06. The molecule has 2 aromatic heterocycles. The Hall–Kier alpha value is -2.83. The molecule has 2 N–H and O–H groups in total. The van der Waals surface area contributed by atoms with Gasteiger partial charge >= 0.3 is 6.03 Å². The van der Waals surface area contributed by atoms with Gasteiger partial charge in [-0.2, -0.15) is 5.10 Å². The maximum Gasteiger partial charge on any atom is 0.317 e. The Bertz CT molecular complexity index is 850. The van der Waals surface area contributed by atoms with Crippen LogP contribution in [-0.2, 0) is 20.0 Å². The van der Waals surface area contributed by atoms with E-state index in [0.29, 0.717) is 13.1 Å². The molecule has 0 atom stereocenters. The zero-order valence-corrected chi connectivity index (χ0v) is 14.2. The van der Waals surface area contributed by atoms with Gasteiger partial charge in [-0.05, 0) is 36.6 Å². The molecule has 0 aliphatic carbocycles. The van der Waals surface area contributed by atoms with Gasteiger partial charge in [0.15, 0.2) is 0 Å². The van der Waals surface area contributed by atoms with Crippen LogP contribution in [0.15, 0.2) is 30.6 Å². The number of hydrogen-bond donors (Lipinski definition) is 2. The molecule has 0 saturated carbocycles. The molecule has 0 aliphatic heterocycles. The number of nitrogens with one attached hydrogen (secondary N) is 2. The summed E-state index contributed by atoms with van der Waals surface area (Å²) >= 11 is 0. The Morgan fingerprint density at radius 1 is 1.42 bits per heavy atom. The van der Waals surface area contributed by atoms with Crippen molar-refractivity contribution in [1.29, 1.82) is 0 Å². The second kappa shape index (κ2) is 6.74. The van der Waals surface area contributed by atoms with Crippen LogP contribution in [-0.4, -0.2) is 44.3 Å². The van der Waals surface area contributed by atoms with Crippen molar-refractivity contribution in [3.63, 3.8) is 0 Å². The molecule has 2 heterocycles. The second-order valence-corrected chi connectivity index (χ2v) is 6.06. The first kappa shape index (κ1) is 16.0. The average Bonchev–Trinajstić information content (AvgIpc) is 3.12. The summed E-state index contributed by atoms with van der Waals surface area (Å²) in [7, 11) is 3.64. The number of carbonyl (C=O) groups is 1. The van der Waals surface area contributed by atoms with Crippen LogP contribution in [0.5, 0.6) is 0 Å². The Kier molecular flexibility index (Phi) is 4.50. The smallest absolute Gasteiger partial charge is 0.317 e. The molecule has 0 unspecified atom stereocenters. The van der Waals surface area contributed by atoms with Crippen LogP contribution in [0.3, 0.4) is 0 Å². The number of aryl methyl sites for hydroxylation is 2. The minimum absolute atomic E-state index is 0.115. The Morgan fingerprint density at radius 3 is 3.00 bits per heavy atom. The van der Waals surface area contributed by atoms with Crippen molar-refractivity contribution in [2.24, 2.45) is 7.05 Å². The van der Waals surface area contributed by atoms with Crippen LogP contribution in [0.4, 0.5) is 4.79 Å². The maximum absolute atomic E-state index is 12.2. The number of H-pyrrole nitrogens is 1. The summed E-state index contributed by atoms with van der Waals surface area (Å²) in [6, 6.07) is 5.95. The normalized spacial score (nSPS) is 11.0. The fraction of sp³-hybridized carbons (Fsp3) is 0.353. The zero-order chi connectivity index (χ0) is 17.1. The summed E-state index contributed by atoms with van der Waals surface area (Å²) in [5.41, 5.74) is 4.20. The van der Waals surface area contributed by atoms with E-state index in [-0.39, 0.29) is 6.03 Å². The first-order chi connectivity index (χ1) is 11.5. The molecule has 1 aromatic carbocycles.